The highest BCUT2D eigenvalue weighted by Crippen LogP contribution is 2.39. The van der Waals surface area contributed by atoms with Gasteiger partial charge in [0, 0.05) is 31.4 Å². The van der Waals surface area contributed by atoms with E-state index in [2.05, 4.69) is 20.8 Å². The lowest BCUT2D eigenvalue weighted by Crippen LogP contribution is -2.64. The molecular formula is C24H35N3O3. The van der Waals surface area contributed by atoms with Crippen molar-refractivity contribution in [2.24, 2.45) is 0 Å². The van der Waals surface area contributed by atoms with E-state index in [1.54, 1.807) is 0 Å². The van der Waals surface area contributed by atoms with Crippen LogP contribution in [0.15, 0.2) is 24.3 Å². The van der Waals surface area contributed by atoms with Crippen molar-refractivity contribution in [2.45, 2.75) is 50.2 Å². The number of rotatable bonds is 3. The molecule has 1 saturated carbocycles. The zero-order valence-electron chi connectivity index (χ0n) is 18.1. The Bertz CT molecular complexity index is 741. The van der Waals surface area contributed by atoms with Crippen LogP contribution in [0, 0.1) is 0 Å². The predicted molar refractivity (Wildman–Crippen MR) is 117 cm³/mol. The Kier molecular flexibility index (Phi) is 5.98. The monoisotopic (exact) mass is 413 g/mol. The van der Waals surface area contributed by atoms with Crippen molar-refractivity contribution < 1.29 is 14.3 Å². The molecule has 5 rings (SSSR count). The van der Waals surface area contributed by atoms with Crippen LogP contribution in [-0.4, -0.2) is 86.4 Å². The average Bonchev–Trinajstić information content (AvgIpc) is 3.34. The van der Waals surface area contributed by atoms with E-state index in [1.807, 2.05) is 18.2 Å². The van der Waals surface area contributed by atoms with Gasteiger partial charge < -0.3 is 19.3 Å². The lowest BCUT2D eigenvalue weighted by Gasteiger charge is -2.52. The number of para-hydroxylation sites is 1. The molecule has 0 N–H and O–H groups in total. The van der Waals surface area contributed by atoms with Crippen molar-refractivity contribution in [3.05, 3.63) is 29.8 Å². The second-order valence-electron chi connectivity index (χ2n) is 9.26. The van der Waals surface area contributed by atoms with Crippen LogP contribution in [0.5, 0.6) is 0 Å². The van der Waals surface area contributed by atoms with Gasteiger partial charge in [-0.15, -0.1) is 0 Å². The van der Waals surface area contributed by atoms with Gasteiger partial charge in [0.1, 0.15) is 5.60 Å². The molecule has 30 heavy (non-hydrogen) atoms. The third-order valence-electron chi connectivity index (χ3n) is 7.50. The van der Waals surface area contributed by atoms with E-state index in [0.29, 0.717) is 19.2 Å². The van der Waals surface area contributed by atoms with Crippen molar-refractivity contribution in [1.29, 1.82) is 0 Å². The maximum atomic E-state index is 13.7. The summed E-state index contributed by atoms with van der Waals surface area (Å²) in [4.78, 5) is 20.7. The number of hydrogen-bond acceptors (Lipinski definition) is 5. The summed E-state index contributed by atoms with van der Waals surface area (Å²) in [5.74, 6) is 0.158. The fourth-order valence-electron chi connectivity index (χ4n) is 6.00. The maximum Gasteiger partial charge on any atom is 0.256 e. The molecule has 3 aliphatic heterocycles. The van der Waals surface area contributed by atoms with Crippen LogP contribution in [0.2, 0.25) is 0 Å². The Morgan fingerprint density at radius 1 is 0.933 bits per heavy atom. The molecule has 0 bridgehead atoms. The smallest absolute Gasteiger partial charge is 0.256 e. The second kappa shape index (κ2) is 8.85. The molecule has 1 aromatic rings. The molecule has 3 saturated heterocycles. The highest BCUT2D eigenvalue weighted by Gasteiger charge is 2.48. The van der Waals surface area contributed by atoms with Crippen LogP contribution in [0.3, 0.4) is 0 Å². The number of ether oxygens (including phenoxy) is 2. The highest BCUT2D eigenvalue weighted by atomic mass is 16.5. The quantitative estimate of drug-likeness (QED) is 0.763. The number of likely N-dealkylation sites (tertiary alicyclic amines) is 1. The molecule has 1 amide bonds. The molecule has 0 unspecified atom stereocenters. The van der Waals surface area contributed by atoms with E-state index in [-0.39, 0.29) is 11.5 Å². The van der Waals surface area contributed by atoms with Crippen molar-refractivity contribution in [2.75, 3.05) is 64.0 Å². The molecule has 1 aromatic carbocycles. The average molecular weight is 414 g/mol. The molecule has 3 heterocycles. The van der Waals surface area contributed by atoms with Gasteiger partial charge in [0.05, 0.1) is 31.9 Å². The molecule has 0 radical (unpaired) electrons. The van der Waals surface area contributed by atoms with E-state index >= 15 is 0 Å². The molecule has 164 valence electrons. The minimum absolute atomic E-state index is 0.158. The van der Waals surface area contributed by atoms with E-state index in [1.165, 1.54) is 45.2 Å². The molecule has 4 aliphatic rings. The van der Waals surface area contributed by atoms with Gasteiger partial charge in [-0.3, -0.25) is 9.69 Å². The van der Waals surface area contributed by atoms with Gasteiger partial charge >= 0.3 is 0 Å². The summed E-state index contributed by atoms with van der Waals surface area (Å²) < 4.78 is 12.0. The van der Waals surface area contributed by atoms with Crippen molar-refractivity contribution >= 4 is 11.6 Å². The second-order valence-corrected chi connectivity index (χ2v) is 9.26. The fraction of sp³-hybridized carbons (Fsp3) is 0.708. The van der Waals surface area contributed by atoms with Crippen LogP contribution in [0.1, 0.15) is 48.9 Å². The van der Waals surface area contributed by atoms with E-state index in [4.69, 9.17) is 9.47 Å². The number of anilines is 1. The highest BCUT2D eigenvalue weighted by molar-refractivity contribution is 6.00. The van der Waals surface area contributed by atoms with E-state index in [9.17, 15) is 4.79 Å². The van der Waals surface area contributed by atoms with Crippen LogP contribution in [0.25, 0.3) is 0 Å². The molecule has 4 fully saturated rings. The third kappa shape index (κ3) is 3.85. The Balaban J connectivity index is 1.38. The normalized spacial score (nSPS) is 30.7. The van der Waals surface area contributed by atoms with E-state index < -0.39 is 0 Å². The summed E-state index contributed by atoms with van der Waals surface area (Å²) in [5, 5.41) is 0. The summed E-state index contributed by atoms with van der Waals surface area (Å²) in [6.07, 6.45) is 7.34. The lowest BCUT2D eigenvalue weighted by atomic mass is 9.78. The summed E-state index contributed by atoms with van der Waals surface area (Å²) in [5.41, 5.74) is 1.68. The molecule has 6 heteroatoms. The van der Waals surface area contributed by atoms with Crippen LogP contribution in [-0.2, 0) is 9.47 Å². The minimum atomic E-state index is -0.190. The molecule has 1 aliphatic carbocycles. The number of carbonyl (C=O) groups is 1. The molecule has 6 nitrogen and oxygen atoms in total. The Hall–Kier alpha value is -1.63. The standard InChI is InChI=1S/C24H35N3O3/c28-23(20-7-1-2-8-21(20)25-13-16-29-17-14-25)27-15-18-30-24(19-27)10-4-3-9-22(24)26-11-5-6-12-26/h1-2,7-8,22H,3-6,9-19H2/t22-,24-/m1/s1. The Morgan fingerprint density at radius 2 is 1.73 bits per heavy atom. The van der Waals surface area contributed by atoms with Gasteiger partial charge in [-0.25, -0.2) is 0 Å². The van der Waals surface area contributed by atoms with Gasteiger partial charge in [0.25, 0.3) is 5.91 Å². The number of morpholine rings is 2. The summed E-state index contributed by atoms with van der Waals surface area (Å²) >= 11 is 0. The van der Waals surface area contributed by atoms with Gasteiger partial charge in [0.2, 0.25) is 0 Å². The number of benzene rings is 1. The summed E-state index contributed by atoms with van der Waals surface area (Å²) in [6, 6.07) is 8.56. The topological polar surface area (TPSA) is 45.3 Å². The summed E-state index contributed by atoms with van der Waals surface area (Å²) in [6.45, 7) is 7.56. The number of hydrogen-bond donors (Lipinski definition) is 0. The fourth-order valence-corrected chi connectivity index (χ4v) is 6.00. The lowest BCUT2D eigenvalue weighted by molar-refractivity contribution is -0.156. The first-order valence-corrected chi connectivity index (χ1v) is 11.9. The maximum absolute atomic E-state index is 13.7. The van der Waals surface area contributed by atoms with Gasteiger partial charge in [-0.05, 0) is 50.9 Å². The molecular weight excluding hydrogens is 378 g/mol. The van der Waals surface area contributed by atoms with Crippen molar-refractivity contribution in [3.8, 4) is 0 Å². The SMILES string of the molecule is O=C(c1ccccc1N1CCOCC1)N1CCO[C@]2(CCCC[C@H]2N2CCCC2)C1. The number of amides is 1. The summed E-state index contributed by atoms with van der Waals surface area (Å²) in [7, 11) is 0. The first-order valence-electron chi connectivity index (χ1n) is 11.9. The third-order valence-corrected chi connectivity index (χ3v) is 7.50. The van der Waals surface area contributed by atoms with Crippen LogP contribution < -0.4 is 4.90 Å². The zero-order valence-corrected chi connectivity index (χ0v) is 18.1. The largest absolute Gasteiger partial charge is 0.378 e. The van der Waals surface area contributed by atoms with Gasteiger partial charge in [-0.2, -0.15) is 0 Å². The molecule has 0 aromatic heterocycles. The number of carbonyl (C=O) groups excluding carboxylic acids is 1. The van der Waals surface area contributed by atoms with Crippen LogP contribution >= 0.6 is 0 Å². The Labute approximate surface area is 180 Å². The minimum Gasteiger partial charge on any atom is -0.378 e. The van der Waals surface area contributed by atoms with Crippen molar-refractivity contribution in [1.82, 2.24) is 9.80 Å². The first kappa shape index (κ1) is 20.3. The number of nitrogens with zero attached hydrogens (tertiary/aromatic N) is 3. The van der Waals surface area contributed by atoms with Gasteiger partial charge in [-0.1, -0.05) is 25.0 Å². The van der Waals surface area contributed by atoms with Crippen molar-refractivity contribution in [3.63, 3.8) is 0 Å². The first-order chi connectivity index (χ1) is 14.8. The predicted octanol–water partition coefficient (Wildman–Crippen LogP) is 2.77. The van der Waals surface area contributed by atoms with Gasteiger partial charge in [0.15, 0.2) is 0 Å². The van der Waals surface area contributed by atoms with Crippen LogP contribution in [0.4, 0.5) is 5.69 Å². The van der Waals surface area contributed by atoms with E-state index in [0.717, 1.165) is 50.5 Å². The molecule has 1 spiro atoms. The zero-order chi connectivity index (χ0) is 20.4. The Morgan fingerprint density at radius 3 is 2.57 bits per heavy atom. The molecule has 2 atom stereocenters.